The van der Waals surface area contributed by atoms with Gasteiger partial charge in [-0.05, 0) is 93.9 Å². The number of ether oxygens (including phenoxy) is 1. The van der Waals surface area contributed by atoms with Gasteiger partial charge < -0.3 is 9.30 Å². The average Bonchev–Trinajstić information content (AvgIpc) is 3.53. The highest BCUT2D eigenvalue weighted by Crippen LogP contribution is 2.50. The minimum Gasteiger partial charge on any atom is -0.456 e. The van der Waals surface area contributed by atoms with E-state index in [1.807, 2.05) is 0 Å². The molecule has 3 aliphatic carbocycles. The molecule has 0 radical (unpaired) electrons. The quantitative estimate of drug-likeness (QED) is 0.200. The Bertz CT molecular complexity index is 2410. The molecule has 10 rings (SSSR count). The van der Waals surface area contributed by atoms with E-state index in [0.29, 0.717) is 5.92 Å². The van der Waals surface area contributed by atoms with Crippen molar-refractivity contribution >= 4 is 27.4 Å². The summed E-state index contributed by atoms with van der Waals surface area (Å²) in [6.07, 6.45) is 12.2. The molecule has 1 aliphatic heterocycles. The summed E-state index contributed by atoms with van der Waals surface area (Å²) in [7, 11) is 0. The Morgan fingerprint density at radius 3 is 2.47 bits per heavy atom. The van der Waals surface area contributed by atoms with E-state index in [-0.39, 0.29) is 5.41 Å². The SMILES string of the molecule is CC1(C)c2ccccc2-c2ccc(-n3c4ccccc4c4cc(-c5ccc6c(c5)C5=C7C(=CC=CC7CC=C5)O6)ccc43)cc21. The Labute approximate surface area is 262 Å². The molecule has 2 nitrogen and oxygen atoms in total. The van der Waals surface area contributed by atoms with Gasteiger partial charge in [-0.3, -0.25) is 0 Å². The number of rotatable bonds is 2. The zero-order valence-electron chi connectivity index (χ0n) is 25.3. The van der Waals surface area contributed by atoms with Crippen molar-refractivity contribution in [1.82, 2.24) is 4.57 Å². The maximum atomic E-state index is 6.42. The van der Waals surface area contributed by atoms with Crippen LogP contribution in [0.15, 0.2) is 145 Å². The second kappa shape index (κ2) is 8.86. The largest absolute Gasteiger partial charge is 0.456 e. The number of aromatic nitrogens is 1. The fourth-order valence-corrected chi connectivity index (χ4v) is 8.31. The van der Waals surface area contributed by atoms with Gasteiger partial charge in [0, 0.05) is 38.9 Å². The Morgan fingerprint density at radius 2 is 1.51 bits per heavy atom. The van der Waals surface area contributed by atoms with Crippen LogP contribution in [-0.4, -0.2) is 4.57 Å². The molecule has 214 valence electrons. The summed E-state index contributed by atoms with van der Waals surface area (Å²) in [5.74, 6) is 2.32. The zero-order chi connectivity index (χ0) is 29.9. The fourth-order valence-electron chi connectivity index (χ4n) is 8.31. The molecule has 0 spiro atoms. The minimum absolute atomic E-state index is 0.0433. The molecule has 0 fully saturated rings. The smallest absolute Gasteiger partial charge is 0.135 e. The number of nitrogens with zero attached hydrogens (tertiary/aromatic N) is 1. The van der Waals surface area contributed by atoms with Gasteiger partial charge in [0.2, 0.25) is 0 Å². The molecule has 6 aromatic rings. The van der Waals surface area contributed by atoms with Crippen LogP contribution < -0.4 is 4.74 Å². The molecule has 2 heteroatoms. The van der Waals surface area contributed by atoms with E-state index in [0.717, 1.165) is 17.9 Å². The highest BCUT2D eigenvalue weighted by Gasteiger charge is 2.35. The molecule has 0 saturated carbocycles. The lowest BCUT2D eigenvalue weighted by molar-refractivity contribution is 0.415. The van der Waals surface area contributed by atoms with Gasteiger partial charge in [-0.2, -0.15) is 0 Å². The second-order valence-electron chi connectivity index (χ2n) is 13.3. The molecule has 1 atom stereocenters. The van der Waals surface area contributed by atoms with Crippen LogP contribution in [-0.2, 0) is 5.41 Å². The molecule has 0 bridgehead atoms. The normalized spacial score (nSPS) is 18.4. The summed E-state index contributed by atoms with van der Waals surface area (Å²) < 4.78 is 8.87. The van der Waals surface area contributed by atoms with Crippen molar-refractivity contribution in [2.75, 3.05) is 0 Å². The molecule has 0 N–H and O–H groups in total. The van der Waals surface area contributed by atoms with Gasteiger partial charge in [0.15, 0.2) is 0 Å². The van der Waals surface area contributed by atoms with Crippen LogP contribution in [0.2, 0.25) is 0 Å². The van der Waals surface area contributed by atoms with E-state index in [1.165, 1.54) is 77.6 Å². The first kappa shape index (κ1) is 25.0. The monoisotopic (exact) mass is 577 g/mol. The summed E-state index contributed by atoms with van der Waals surface area (Å²) in [4.78, 5) is 0. The molecule has 4 aliphatic rings. The molecule has 0 saturated heterocycles. The predicted molar refractivity (Wildman–Crippen MR) is 186 cm³/mol. The number of fused-ring (bicyclic) bond motifs is 8. The molecule has 2 heterocycles. The van der Waals surface area contributed by atoms with E-state index < -0.39 is 0 Å². The fraction of sp³-hybridized carbons (Fsp3) is 0.116. The molecule has 1 unspecified atom stereocenters. The summed E-state index contributed by atoms with van der Waals surface area (Å²) in [6, 6.07) is 38.3. The molecular formula is C43H31NO. The van der Waals surface area contributed by atoms with Crippen molar-refractivity contribution in [1.29, 1.82) is 0 Å². The van der Waals surface area contributed by atoms with Crippen molar-refractivity contribution in [3.05, 3.63) is 162 Å². The van der Waals surface area contributed by atoms with Gasteiger partial charge in [0.25, 0.3) is 0 Å². The van der Waals surface area contributed by atoms with Crippen molar-refractivity contribution in [3.8, 4) is 33.7 Å². The lowest BCUT2D eigenvalue weighted by atomic mass is 9.79. The van der Waals surface area contributed by atoms with E-state index in [2.05, 4.69) is 152 Å². The topological polar surface area (TPSA) is 14.2 Å². The van der Waals surface area contributed by atoms with Gasteiger partial charge in [-0.1, -0.05) is 98.8 Å². The standard InChI is InChI=1S/C43H31NO/c1-43(2)36-14-5-3-11-30(36)31-20-19-29(25-37(31)43)44-38-15-6-4-12-32(38)34-23-27(17-21-39(34)44)28-18-22-40-35(24-28)33-13-7-9-26-10-8-16-41(45-40)42(26)33/h3-8,10-26H,9H2,1-2H3. The Hall–Kier alpha value is -5.34. The highest BCUT2D eigenvalue weighted by molar-refractivity contribution is 6.10. The van der Waals surface area contributed by atoms with Crippen LogP contribution in [0.3, 0.4) is 0 Å². The number of hydrogen-bond donors (Lipinski definition) is 0. The summed E-state index contributed by atoms with van der Waals surface area (Å²) in [5, 5.41) is 2.54. The third kappa shape index (κ3) is 3.40. The summed E-state index contributed by atoms with van der Waals surface area (Å²) in [5.41, 5.74) is 15.3. The molecule has 45 heavy (non-hydrogen) atoms. The van der Waals surface area contributed by atoms with Crippen LogP contribution in [0, 0.1) is 5.92 Å². The summed E-state index contributed by atoms with van der Waals surface area (Å²) in [6.45, 7) is 4.71. The molecule has 0 amide bonds. The summed E-state index contributed by atoms with van der Waals surface area (Å²) >= 11 is 0. The molecule has 1 aromatic heterocycles. The van der Waals surface area contributed by atoms with Crippen molar-refractivity contribution < 1.29 is 4.74 Å². The van der Waals surface area contributed by atoms with Gasteiger partial charge >= 0.3 is 0 Å². The average molecular weight is 578 g/mol. The lowest BCUT2D eigenvalue weighted by Crippen LogP contribution is -2.18. The van der Waals surface area contributed by atoms with Crippen LogP contribution in [0.5, 0.6) is 5.75 Å². The second-order valence-corrected chi connectivity index (χ2v) is 13.3. The first-order valence-electron chi connectivity index (χ1n) is 16.0. The van der Waals surface area contributed by atoms with E-state index >= 15 is 0 Å². The predicted octanol–water partition coefficient (Wildman–Crippen LogP) is 10.9. The van der Waals surface area contributed by atoms with E-state index in [9.17, 15) is 0 Å². The Balaban J connectivity index is 1.13. The molecule has 5 aromatic carbocycles. The Morgan fingerprint density at radius 1 is 0.711 bits per heavy atom. The van der Waals surface area contributed by atoms with Gasteiger partial charge in [0.1, 0.15) is 11.5 Å². The van der Waals surface area contributed by atoms with Crippen molar-refractivity contribution in [2.24, 2.45) is 5.92 Å². The van der Waals surface area contributed by atoms with Crippen LogP contribution in [0.1, 0.15) is 37.0 Å². The number of hydrogen-bond acceptors (Lipinski definition) is 1. The first-order chi connectivity index (χ1) is 22.1. The van der Waals surface area contributed by atoms with Gasteiger partial charge in [-0.25, -0.2) is 0 Å². The van der Waals surface area contributed by atoms with Crippen LogP contribution in [0.25, 0.3) is 55.3 Å². The maximum Gasteiger partial charge on any atom is 0.135 e. The van der Waals surface area contributed by atoms with Crippen LogP contribution in [0.4, 0.5) is 0 Å². The van der Waals surface area contributed by atoms with Gasteiger partial charge in [-0.15, -0.1) is 0 Å². The van der Waals surface area contributed by atoms with Gasteiger partial charge in [0.05, 0.1) is 11.0 Å². The van der Waals surface area contributed by atoms with E-state index in [4.69, 9.17) is 4.74 Å². The number of allylic oxidation sites excluding steroid dienone is 7. The first-order valence-corrected chi connectivity index (χ1v) is 16.0. The molecular weight excluding hydrogens is 546 g/mol. The number of para-hydroxylation sites is 1. The Kier molecular flexibility index (Phi) is 4.93. The van der Waals surface area contributed by atoms with Crippen LogP contribution >= 0.6 is 0 Å². The zero-order valence-corrected chi connectivity index (χ0v) is 25.3. The maximum absolute atomic E-state index is 6.42. The van der Waals surface area contributed by atoms with Crippen molar-refractivity contribution in [2.45, 2.75) is 25.7 Å². The minimum atomic E-state index is -0.0433. The lowest BCUT2D eigenvalue weighted by Gasteiger charge is -2.32. The third-order valence-corrected chi connectivity index (χ3v) is 10.5. The van der Waals surface area contributed by atoms with E-state index in [1.54, 1.807) is 0 Å². The van der Waals surface area contributed by atoms with Crippen molar-refractivity contribution in [3.63, 3.8) is 0 Å². The third-order valence-electron chi connectivity index (χ3n) is 10.5. The highest BCUT2D eigenvalue weighted by atomic mass is 16.5. The number of benzene rings is 5.